The SMILES string of the molecule is CS(=O)(=O)Nc1cc2c(cc1Sc1ccccc1)C(=O)CO2. The van der Waals surface area contributed by atoms with Gasteiger partial charge in [0.05, 0.1) is 17.5 Å². The van der Waals surface area contributed by atoms with Gasteiger partial charge in [-0.15, -0.1) is 0 Å². The second-order valence-corrected chi connectivity index (χ2v) is 7.71. The molecule has 1 aliphatic rings. The van der Waals surface area contributed by atoms with Gasteiger partial charge in [0.1, 0.15) is 5.75 Å². The average Bonchev–Trinajstić information content (AvgIpc) is 2.80. The number of ketones is 1. The van der Waals surface area contributed by atoms with Crippen LogP contribution in [0.5, 0.6) is 5.75 Å². The van der Waals surface area contributed by atoms with Gasteiger partial charge >= 0.3 is 0 Å². The zero-order valence-electron chi connectivity index (χ0n) is 11.7. The molecule has 0 aromatic heterocycles. The maximum absolute atomic E-state index is 11.8. The van der Waals surface area contributed by atoms with Gasteiger partial charge in [-0.3, -0.25) is 9.52 Å². The Morgan fingerprint density at radius 3 is 2.59 bits per heavy atom. The van der Waals surface area contributed by atoms with E-state index < -0.39 is 10.0 Å². The molecule has 0 fully saturated rings. The van der Waals surface area contributed by atoms with Crippen LogP contribution in [0.25, 0.3) is 0 Å². The highest BCUT2D eigenvalue weighted by Crippen LogP contribution is 2.40. The Hall–Kier alpha value is -1.99. The molecule has 1 N–H and O–H groups in total. The number of Topliss-reactive ketones (excluding diaryl/α,β-unsaturated/α-hetero) is 1. The number of hydrogen-bond donors (Lipinski definition) is 1. The van der Waals surface area contributed by atoms with Gasteiger partial charge in [-0.2, -0.15) is 0 Å². The summed E-state index contributed by atoms with van der Waals surface area (Å²) in [5.41, 5.74) is 0.891. The van der Waals surface area contributed by atoms with Crippen LogP contribution < -0.4 is 9.46 Å². The first-order chi connectivity index (χ1) is 10.4. The molecular weight excluding hydrogens is 322 g/mol. The molecule has 0 saturated heterocycles. The normalized spacial score (nSPS) is 13.6. The van der Waals surface area contributed by atoms with E-state index >= 15 is 0 Å². The number of sulfonamides is 1. The largest absolute Gasteiger partial charge is 0.485 e. The van der Waals surface area contributed by atoms with Crippen molar-refractivity contribution in [2.45, 2.75) is 9.79 Å². The van der Waals surface area contributed by atoms with Crippen LogP contribution in [0.4, 0.5) is 5.69 Å². The average molecular weight is 335 g/mol. The third kappa shape index (κ3) is 3.26. The maximum atomic E-state index is 11.8. The van der Waals surface area contributed by atoms with Gasteiger partial charge in [0, 0.05) is 15.9 Å². The van der Waals surface area contributed by atoms with Gasteiger partial charge in [-0.1, -0.05) is 30.0 Å². The number of anilines is 1. The third-order valence-corrected chi connectivity index (χ3v) is 4.66. The van der Waals surface area contributed by atoms with Crippen molar-refractivity contribution in [2.75, 3.05) is 17.6 Å². The number of benzene rings is 2. The first-order valence-electron chi connectivity index (χ1n) is 6.47. The molecule has 0 saturated carbocycles. The van der Waals surface area contributed by atoms with Crippen molar-refractivity contribution in [3.63, 3.8) is 0 Å². The molecule has 114 valence electrons. The van der Waals surface area contributed by atoms with Crippen molar-refractivity contribution < 1.29 is 17.9 Å². The van der Waals surface area contributed by atoms with Gasteiger partial charge in [-0.25, -0.2) is 8.42 Å². The third-order valence-electron chi connectivity index (χ3n) is 3.01. The number of fused-ring (bicyclic) bond motifs is 1. The summed E-state index contributed by atoms with van der Waals surface area (Å²) in [6.45, 7) is -0.00684. The van der Waals surface area contributed by atoms with Gasteiger partial charge < -0.3 is 4.74 Å². The fraction of sp³-hybridized carbons (Fsp3) is 0.133. The van der Waals surface area contributed by atoms with Crippen LogP contribution in [0.1, 0.15) is 10.4 Å². The van der Waals surface area contributed by atoms with Crippen molar-refractivity contribution >= 4 is 33.3 Å². The highest BCUT2D eigenvalue weighted by molar-refractivity contribution is 7.99. The number of nitrogens with one attached hydrogen (secondary N) is 1. The number of rotatable bonds is 4. The summed E-state index contributed by atoms with van der Waals surface area (Å²) in [6, 6.07) is 12.8. The standard InChI is InChI=1S/C15H13NO4S2/c1-22(18,19)16-12-8-14-11(13(17)9-20-14)7-15(12)21-10-5-3-2-4-6-10/h2-8,16H,9H2,1H3. The van der Waals surface area contributed by atoms with Crippen molar-refractivity contribution in [3.8, 4) is 5.75 Å². The summed E-state index contributed by atoms with van der Waals surface area (Å²) in [5.74, 6) is 0.310. The highest BCUT2D eigenvalue weighted by Gasteiger charge is 2.24. The summed E-state index contributed by atoms with van der Waals surface area (Å²) in [5, 5.41) is 0. The summed E-state index contributed by atoms with van der Waals surface area (Å²) in [6.07, 6.45) is 1.09. The quantitative estimate of drug-likeness (QED) is 0.930. The molecule has 2 aromatic carbocycles. The molecule has 0 unspecified atom stereocenters. The van der Waals surface area contributed by atoms with Crippen LogP contribution in [0.2, 0.25) is 0 Å². The van der Waals surface area contributed by atoms with Gasteiger partial charge in [-0.05, 0) is 18.2 Å². The molecule has 7 heteroatoms. The summed E-state index contributed by atoms with van der Waals surface area (Å²) in [7, 11) is -3.43. The van der Waals surface area contributed by atoms with E-state index in [1.165, 1.54) is 11.8 Å². The Kier molecular flexibility index (Phi) is 3.84. The van der Waals surface area contributed by atoms with Crippen LogP contribution in [0.15, 0.2) is 52.3 Å². The molecule has 2 aromatic rings. The van der Waals surface area contributed by atoms with Crippen LogP contribution in [0.3, 0.4) is 0 Å². The van der Waals surface area contributed by atoms with E-state index in [4.69, 9.17) is 4.74 Å². The second-order valence-electron chi connectivity index (χ2n) is 4.85. The fourth-order valence-corrected chi connectivity index (χ4v) is 3.67. The molecule has 5 nitrogen and oxygen atoms in total. The van der Waals surface area contributed by atoms with Crippen molar-refractivity contribution in [1.82, 2.24) is 0 Å². The Balaban J connectivity index is 2.05. The second kappa shape index (κ2) is 5.66. The van der Waals surface area contributed by atoms with Crippen molar-refractivity contribution in [1.29, 1.82) is 0 Å². The lowest BCUT2D eigenvalue weighted by Gasteiger charge is -2.12. The predicted molar refractivity (Wildman–Crippen MR) is 85.3 cm³/mol. The van der Waals surface area contributed by atoms with Crippen molar-refractivity contribution in [2.24, 2.45) is 0 Å². The van der Waals surface area contributed by atoms with E-state index in [0.717, 1.165) is 11.2 Å². The van der Waals surface area contributed by atoms with Gasteiger partial charge in [0.25, 0.3) is 0 Å². The van der Waals surface area contributed by atoms with Gasteiger partial charge in [0.2, 0.25) is 15.8 Å². The Morgan fingerprint density at radius 2 is 1.91 bits per heavy atom. The highest BCUT2D eigenvalue weighted by atomic mass is 32.2. The molecule has 0 bridgehead atoms. The van der Waals surface area contributed by atoms with Crippen LogP contribution in [-0.4, -0.2) is 27.1 Å². The van der Waals surface area contributed by atoms with E-state index in [1.807, 2.05) is 30.3 Å². The predicted octanol–water partition coefficient (Wildman–Crippen LogP) is 2.78. The van der Waals surface area contributed by atoms with E-state index in [0.29, 0.717) is 21.9 Å². The molecule has 3 rings (SSSR count). The molecule has 0 amide bonds. The molecule has 1 aliphatic heterocycles. The number of carbonyl (C=O) groups excluding carboxylic acids is 1. The van der Waals surface area contributed by atoms with Crippen LogP contribution >= 0.6 is 11.8 Å². The topological polar surface area (TPSA) is 72.5 Å². The molecule has 0 radical (unpaired) electrons. The first kappa shape index (κ1) is 14.9. The lowest BCUT2D eigenvalue weighted by Crippen LogP contribution is -2.10. The van der Waals surface area contributed by atoms with Gasteiger partial charge in [0.15, 0.2) is 6.61 Å². The zero-order chi connectivity index (χ0) is 15.7. The molecule has 0 atom stereocenters. The number of ether oxygens (including phenoxy) is 1. The summed E-state index contributed by atoms with van der Waals surface area (Å²) < 4.78 is 30.8. The van der Waals surface area contributed by atoms with Crippen LogP contribution in [0, 0.1) is 0 Å². The summed E-state index contributed by atoms with van der Waals surface area (Å²) in [4.78, 5) is 13.4. The fourth-order valence-electron chi connectivity index (χ4n) is 2.10. The monoisotopic (exact) mass is 335 g/mol. The number of carbonyl (C=O) groups is 1. The van der Waals surface area contributed by atoms with Crippen LogP contribution in [-0.2, 0) is 10.0 Å². The molecule has 22 heavy (non-hydrogen) atoms. The lowest BCUT2D eigenvalue weighted by atomic mass is 10.1. The Labute approximate surface area is 132 Å². The smallest absolute Gasteiger partial charge is 0.229 e. The van der Waals surface area contributed by atoms with E-state index in [9.17, 15) is 13.2 Å². The Bertz CT molecular complexity index is 832. The molecule has 0 spiro atoms. The summed E-state index contributed by atoms with van der Waals surface area (Å²) >= 11 is 1.39. The number of hydrogen-bond acceptors (Lipinski definition) is 5. The molecule has 1 heterocycles. The minimum atomic E-state index is -3.43. The van der Waals surface area contributed by atoms with E-state index in [-0.39, 0.29) is 12.4 Å². The minimum absolute atomic E-state index is 0.00684. The molecule has 0 aliphatic carbocycles. The lowest BCUT2D eigenvalue weighted by molar-refractivity contribution is 0.0961. The Morgan fingerprint density at radius 1 is 1.18 bits per heavy atom. The van der Waals surface area contributed by atoms with E-state index in [1.54, 1.807) is 12.1 Å². The molecular formula is C15H13NO4S2. The van der Waals surface area contributed by atoms with Crippen molar-refractivity contribution in [3.05, 3.63) is 48.0 Å². The van der Waals surface area contributed by atoms with E-state index in [2.05, 4.69) is 4.72 Å². The first-order valence-corrected chi connectivity index (χ1v) is 9.18. The minimum Gasteiger partial charge on any atom is -0.485 e. The maximum Gasteiger partial charge on any atom is 0.229 e. The zero-order valence-corrected chi connectivity index (χ0v) is 13.3.